The van der Waals surface area contributed by atoms with Crippen LogP contribution in [0.15, 0.2) is 6.07 Å². The minimum atomic E-state index is 0.334. The van der Waals surface area contributed by atoms with Crippen LogP contribution in [-0.2, 0) is 5.88 Å². The summed E-state index contributed by atoms with van der Waals surface area (Å²) in [6.45, 7) is 0. The van der Waals surface area contributed by atoms with Crippen molar-refractivity contribution in [1.29, 1.82) is 0 Å². The van der Waals surface area contributed by atoms with Gasteiger partial charge in [-0.2, -0.15) is 0 Å². The molecule has 1 saturated carbocycles. The summed E-state index contributed by atoms with van der Waals surface area (Å²) in [5.74, 6) is 1.53. The van der Waals surface area contributed by atoms with Gasteiger partial charge in [0, 0.05) is 11.6 Å². The van der Waals surface area contributed by atoms with Crippen molar-refractivity contribution in [1.82, 2.24) is 9.97 Å². The van der Waals surface area contributed by atoms with Crippen molar-refractivity contribution in [3.63, 3.8) is 0 Å². The molecule has 0 N–H and O–H groups in total. The second-order valence-electron chi connectivity index (χ2n) is 4.00. The molecule has 0 radical (unpaired) electrons. The van der Waals surface area contributed by atoms with E-state index in [9.17, 15) is 0 Å². The van der Waals surface area contributed by atoms with Crippen molar-refractivity contribution >= 4 is 23.2 Å². The number of halogens is 2. The molecule has 1 aliphatic rings. The Hall–Kier alpha value is -0.340. The molecule has 0 spiro atoms. The van der Waals surface area contributed by atoms with E-state index in [1.807, 2.05) is 6.07 Å². The second-order valence-corrected chi connectivity index (χ2v) is 4.65. The fourth-order valence-electron chi connectivity index (χ4n) is 2.15. The summed E-state index contributed by atoms with van der Waals surface area (Å²) in [6, 6.07) is 1.88. The van der Waals surface area contributed by atoms with Crippen molar-refractivity contribution < 1.29 is 0 Å². The second kappa shape index (κ2) is 5.13. The number of rotatable bonds is 2. The van der Waals surface area contributed by atoms with Gasteiger partial charge in [0.2, 0.25) is 0 Å². The molecule has 1 fully saturated rings. The average molecular weight is 245 g/mol. The number of aromatic nitrogens is 2. The van der Waals surface area contributed by atoms with E-state index in [4.69, 9.17) is 23.2 Å². The Morgan fingerprint density at radius 3 is 2.60 bits per heavy atom. The van der Waals surface area contributed by atoms with Gasteiger partial charge in [0.15, 0.2) is 0 Å². The number of hydrogen-bond donors (Lipinski definition) is 0. The monoisotopic (exact) mass is 244 g/mol. The summed E-state index contributed by atoms with van der Waals surface area (Å²) in [4.78, 5) is 8.52. The van der Waals surface area contributed by atoms with Gasteiger partial charge in [-0.1, -0.05) is 30.9 Å². The Kier molecular flexibility index (Phi) is 3.81. The van der Waals surface area contributed by atoms with Crippen LogP contribution in [0, 0.1) is 0 Å². The third-order valence-electron chi connectivity index (χ3n) is 2.90. The fourth-order valence-corrected chi connectivity index (χ4v) is 2.48. The van der Waals surface area contributed by atoms with Gasteiger partial charge in [0.05, 0.1) is 5.88 Å². The highest BCUT2D eigenvalue weighted by Crippen LogP contribution is 2.32. The van der Waals surface area contributed by atoms with Gasteiger partial charge in [0.25, 0.3) is 0 Å². The van der Waals surface area contributed by atoms with Gasteiger partial charge in [-0.15, -0.1) is 11.6 Å². The zero-order valence-corrected chi connectivity index (χ0v) is 10.1. The number of hydrogen-bond acceptors (Lipinski definition) is 2. The number of alkyl halides is 1. The lowest BCUT2D eigenvalue weighted by molar-refractivity contribution is 0.435. The summed E-state index contributed by atoms with van der Waals surface area (Å²) >= 11 is 11.7. The van der Waals surface area contributed by atoms with Crippen LogP contribution in [0.25, 0.3) is 0 Å². The lowest BCUT2D eigenvalue weighted by Crippen LogP contribution is -2.08. The molecule has 4 heteroatoms. The van der Waals surface area contributed by atoms with E-state index >= 15 is 0 Å². The Labute approximate surface area is 100 Å². The van der Waals surface area contributed by atoms with Crippen LogP contribution in [-0.4, -0.2) is 9.97 Å². The highest BCUT2D eigenvalue weighted by Gasteiger charge is 2.18. The van der Waals surface area contributed by atoms with Gasteiger partial charge < -0.3 is 0 Å². The van der Waals surface area contributed by atoms with Crippen molar-refractivity contribution in [2.24, 2.45) is 0 Å². The lowest BCUT2D eigenvalue weighted by Gasteiger charge is -2.21. The summed E-state index contributed by atoms with van der Waals surface area (Å²) in [7, 11) is 0. The van der Waals surface area contributed by atoms with Gasteiger partial charge in [-0.3, -0.25) is 0 Å². The Morgan fingerprint density at radius 2 is 1.93 bits per heavy atom. The van der Waals surface area contributed by atoms with Crippen molar-refractivity contribution in [3.05, 3.63) is 22.7 Å². The molecule has 0 unspecified atom stereocenters. The quantitative estimate of drug-likeness (QED) is 0.583. The zero-order chi connectivity index (χ0) is 10.7. The molecule has 0 atom stereocenters. The third-order valence-corrected chi connectivity index (χ3v) is 3.34. The molecule has 1 aromatic rings. The van der Waals surface area contributed by atoms with Crippen LogP contribution in [0.1, 0.15) is 49.5 Å². The molecule has 0 aromatic carbocycles. The summed E-state index contributed by atoms with van der Waals surface area (Å²) in [5, 5.41) is 0.515. The molecule has 0 bridgehead atoms. The summed E-state index contributed by atoms with van der Waals surface area (Å²) in [6.07, 6.45) is 6.37. The highest BCUT2D eigenvalue weighted by atomic mass is 35.5. The summed E-state index contributed by atoms with van der Waals surface area (Å²) < 4.78 is 0. The predicted molar refractivity (Wildman–Crippen MR) is 62.4 cm³/mol. The van der Waals surface area contributed by atoms with E-state index in [-0.39, 0.29) is 0 Å². The van der Waals surface area contributed by atoms with Crippen LogP contribution in [0.2, 0.25) is 5.15 Å². The minimum Gasteiger partial charge on any atom is -0.236 e. The smallest absolute Gasteiger partial charge is 0.145 e. The predicted octanol–water partition coefficient (Wildman–Crippen LogP) is 3.92. The SMILES string of the molecule is ClCc1nc(Cl)cc(C2CCCCC2)n1. The van der Waals surface area contributed by atoms with Crippen LogP contribution < -0.4 is 0 Å². The lowest BCUT2D eigenvalue weighted by atomic mass is 9.87. The van der Waals surface area contributed by atoms with E-state index < -0.39 is 0 Å². The van der Waals surface area contributed by atoms with Crippen LogP contribution >= 0.6 is 23.2 Å². The molecule has 0 aliphatic heterocycles. The van der Waals surface area contributed by atoms with E-state index in [1.54, 1.807) is 0 Å². The van der Waals surface area contributed by atoms with Crippen molar-refractivity contribution in [2.75, 3.05) is 0 Å². The molecule has 1 heterocycles. The molecule has 15 heavy (non-hydrogen) atoms. The van der Waals surface area contributed by atoms with Crippen LogP contribution in [0.3, 0.4) is 0 Å². The Morgan fingerprint density at radius 1 is 1.20 bits per heavy atom. The van der Waals surface area contributed by atoms with E-state index in [0.717, 1.165) is 5.69 Å². The normalized spacial score (nSPS) is 18.0. The van der Waals surface area contributed by atoms with Crippen LogP contribution in [0.5, 0.6) is 0 Å². The molecule has 2 rings (SSSR count). The maximum atomic E-state index is 5.94. The molecule has 82 valence electrons. The Bertz CT molecular complexity index is 335. The zero-order valence-electron chi connectivity index (χ0n) is 8.55. The minimum absolute atomic E-state index is 0.334. The maximum absolute atomic E-state index is 5.94. The molecule has 0 saturated heterocycles. The molecule has 1 aliphatic carbocycles. The first-order valence-corrected chi connectivity index (χ1v) is 6.30. The first-order chi connectivity index (χ1) is 7.29. The molecule has 1 aromatic heterocycles. The largest absolute Gasteiger partial charge is 0.236 e. The van der Waals surface area contributed by atoms with Gasteiger partial charge in [0.1, 0.15) is 11.0 Å². The van der Waals surface area contributed by atoms with E-state index in [2.05, 4.69) is 9.97 Å². The average Bonchev–Trinajstić information content (AvgIpc) is 2.29. The molecule has 0 amide bonds. The molecular weight excluding hydrogens is 231 g/mol. The first-order valence-electron chi connectivity index (χ1n) is 5.39. The summed E-state index contributed by atoms with van der Waals surface area (Å²) in [5.41, 5.74) is 1.07. The molecular formula is C11H14Cl2N2. The van der Waals surface area contributed by atoms with E-state index in [0.29, 0.717) is 22.8 Å². The van der Waals surface area contributed by atoms with Gasteiger partial charge in [-0.05, 0) is 18.9 Å². The van der Waals surface area contributed by atoms with E-state index in [1.165, 1.54) is 32.1 Å². The van der Waals surface area contributed by atoms with Crippen molar-refractivity contribution in [2.45, 2.75) is 43.9 Å². The topological polar surface area (TPSA) is 25.8 Å². The van der Waals surface area contributed by atoms with Gasteiger partial charge >= 0.3 is 0 Å². The Balaban J connectivity index is 2.22. The van der Waals surface area contributed by atoms with Crippen molar-refractivity contribution in [3.8, 4) is 0 Å². The molecule has 2 nitrogen and oxygen atoms in total. The standard InChI is InChI=1S/C11H14Cl2N2/c12-7-11-14-9(6-10(13)15-11)8-4-2-1-3-5-8/h6,8H,1-5,7H2. The first kappa shape index (κ1) is 11.2. The maximum Gasteiger partial charge on any atom is 0.145 e. The number of nitrogens with zero attached hydrogens (tertiary/aromatic N) is 2. The van der Waals surface area contributed by atoms with Gasteiger partial charge in [-0.25, -0.2) is 9.97 Å². The third kappa shape index (κ3) is 2.82. The fraction of sp³-hybridized carbons (Fsp3) is 0.636. The highest BCUT2D eigenvalue weighted by molar-refractivity contribution is 6.29. The van der Waals surface area contributed by atoms with Crippen LogP contribution in [0.4, 0.5) is 0 Å².